The molecule has 0 aromatic carbocycles. The van der Waals surface area contributed by atoms with Gasteiger partial charge in [0.1, 0.15) is 5.82 Å². The number of rotatable bonds is 3. The Morgan fingerprint density at radius 3 is 2.85 bits per heavy atom. The minimum atomic E-state index is 0.223. The van der Waals surface area contributed by atoms with Crippen LogP contribution in [-0.2, 0) is 13.5 Å². The van der Waals surface area contributed by atoms with Gasteiger partial charge in [-0.1, -0.05) is 20.8 Å². The zero-order valence-corrected chi connectivity index (χ0v) is 13.3. The third kappa shape index (κ3) is 2.32. The molecule has 1 aliphatic heterocycles. The first-order valence-corrected chi connectivity index (χ1v) is 7.83. The van der Waals surface area contributed by atoms with Crippen molar-refractivity contribution in [3.63, 3.8) is 0 Å². The standard InChI is InChI=1S/C14H21N5S/c1-5-12-16-13(20-17-12)19-8-11(14(2,3)9-19)10-6-15-18(4)7-10/h6-7,11H,5,8-9H2,1-4H3/t11-/m0/s1. The van der Waals surface area contributed by atoms with Gasteiger partial charge in [-0.3, -0.25) is 4.68 Å². The van der Waals surface area contributed by atoms with E-state index in [0.29, 0.717) is 5.92 Å². The highest BCUT2D eigenvalue weighted by Gasteiger charge is 2.41. The summed E-state index contributed by atoms with van der Waals surface area (Å²) < 4.78 is 6.28. The SMILES string of the molecule is CCc1nsc(N2C[C@@H](c3cnn(C)c3)C(C)(C)C2)n1. The van der Waals surface area contributed by atoms with Crippen LogP contribution in [0.15, 0.2) is 12.4 Å². The van der Waals surface area contributed by atoms with Gasteiger partial charge in [-0.2, -0.15) is 9.47 Å². The van der Waals surface area contributed by atoms with E-state index in [1.165, 1.54) is 17.1 Å². The van der Waals surface area contributed by atoms with Gasteiger partial charge in [0.15, 0.2) is 0 Å². The Morgan fingerprint density at radius 2 is 2.25 bits per heavy atom. The summed E-state index contributed by atoms with van der Waals surface area (Å²) in [5.74, 6) is 1.44. The number of anilines is 1. The number of aromatic nitrogens is 4. The zero-order chi connectivity index (χ0) is 14.3. The van der Waals surface area contributed by atoms with Crippen molar-refractivity contribution < 1.29 is 0 Å². The predicted octanol–water partition coefficient (Wildman–Crippen LogP) is 2.46. The summed E-state index contributed by atoms with van der Waals surface area (Å²) in [6.45, 7) is 8.76. The Labute approximate surface area is 123 Å². The molecule has 0 aliphatic carbocycles. The van der Waals surface area contributed by atoms with Crippen molar-refractivity contribution in [2.24, 2.45) is 12.5 Å². The highest BCUT2D eigenvalue weighted by Crippen LogP contribution is 2.43. The zero-order valence-electron chi connectivity index (χ0n) is 12.5. The molecule has 3 heterocycles. The Hall–Kier alpha value is -1.43. The lowest BCUT2D eigenvalue weighted by Gasteiger charge is -2.24. The van der Waals surface area contributed by atoms with Gasteiger partial charge >= 0.3 is 0 Å². The maximum absolute atomic E-state index is 4.62. The first kappa shape index (κ1) is 13.5. The average Bonchev–Trinajstić information content (AvgIpc) is 3.07. The van der Waals surface area contributed by atoms with Crippen molar-refractivity contribution in [1.82, 2.24) is 19.1 Å². The summed E-state index contributed by atoms with van der Waals surface area (Å²) in [4.78, 5) is 6.99. The van der Waals surface area contributed by atoms with Gasteiger partial charge in [-0.15, -0.1) is 0 Å². The molecule has 0 N–H and O–H groups in total. The normalized spacial score (nSPS) is 21.6. The van der Waals surface area contributed by atoms with E-state index < -0.39 is 0 Å². The van der Waals surface area contributed by atoms with Crippen molar-refractivity contribution in [3.8, 4) is 0 Å². The number of hydrogen-bond acceptors (Lipinski definition) is 5. The van der Waals surface area contributed by atoms with Crippen LogP contribution in [0, 0.1) is 5.41 Å². The highest BCUT2D eigenvalue weighted by atomic mass is 32.1. The predicted molar refractivity (Wildman–Crippen MR) is 81.2 cm³/mol. The molecular formula is C14H21N5S. The average molecular weight is 291 g/mol. The summed E-state index contributed by atoms with van der Waals surface area (Å²) in [5.41, 5.74) is 1.54. The molecule has 0 amide bonds. The molecule has 0 radical (unpaired) electrons. The van der Waals surface area contributed by atoms with Crippen molar-refractivity contribution >= 4 is 16.7 Å². The minimum Gasteiger partial charge on any atom is -0.346 e. The highest BCUT2D eigenvalue weighted by molar-refractivity contribution is 7.09. The van der Waals surface area contributed by atoms with Crippen LogP contribution >= 0.6 is 11.5 Å². The minimum absolute atomic E-state index is 0.223. The van der Waals surface area contributed by atoms with Crippen LogP contribution in [0.25, 0.3) is 0 Å². The van der Waals surface area contributed by atoms with Gasteiger partial charge in [0.05, 0.1) is 6.20 Å². The van der Waals surface area contributed by atoms with Gasteiger partial charge < -0.3 is 4.90 Å². The lowest BCUT2D eigenvalue weighted by molar-refractivity contribution is 0.365. The molecule has 5 nitrogen and oxygen atoms in total. The molecule has 6 heteroatoms. The number of hydrogen-bond donors (Lipinski definition) is 0. The Kier molecular flexibility index (Phi) is 3.28. The van der Waals surface area contributed by atoms with E-state index in [1.807, 2.05) is 17.9 Å². The van der Waals surface area contributed by atoms with E-state index >= 15 is 0 Å². The monoisotopic (exact) mass is 291 g/mol. The second kappa shape index (κ2) is 4.84. The fraction of sp³-hybridized carbons (Fsp3) is 0.643. The molecule has 1 fully saturated rings. The van der Waals surface area contributed by atoms with Crippen LogP contribution in [0.1, 0.15) is 38.1 Å². The molecule has 3 rings (SSSR count). The molecule has 20 heavy (non-hydrogen) atoms. The number of nitrogens with zero attached hydrogens (tertiary/aromatic N) is 5. The van der Waals surface area contributed by atoms with E-state index in [1.54, 1.807) is 0 Å². The van der Waals surface area contributed by atoms with Crippen LogP contribution in [0.5, 0.6) is 0 Å². The molecule has 0 saturated carbocycles. The van der Waals surface area contributed by atoms with Crippen LogP contribution in [0.2, 0.25) is 0 Å². The Morgan fingerprint density at radius 1 is 1.45 bits per heavy atom. The first-order chi connectivity index (χ1) is 9.49. The lowest BCUT2D eigenvalue weighted by Crippen LogP contribution is -2.23. The second-order valence-electron chi connectivity index (χ2n) is 6.22. The summed E-state index contributed by atoms with van der Waals surface area (Å²) in [6, 6.07) is 0. The quantitative estimate of drug-likeness (QED) is 0.871. The molecule has 108 valence electrons. The summed E-state index contributed by atoms with van der Waals surface area (Å²) in [5, 5.41) is 5.37. The van der Waals surface area contributed by atoms with Crippen molar-refractivity contribution in [2.45, 2.75) is 33.1 Å². The topological polar surface area (TPSA) is 46.8 Å². The van der Waals surface area contributed by atoms with Gasteiger partial charge in [0, 0.05) is 50.2 Å². The van der Waals surface area contributed by atoms with E-state index in [9.17, 15) is 0 Å². The fourth-order valence-electron chi connectivity index (χ4n) is 2.97. The van der Waals surface area contributed by atoms with Crippen molar-refractivity contribution in [3.05, 3.63) is 23.8 Å². The third-order valence-corrected chi connectivity index (χ3v) is 4.93. The summed E-state index contributed by atoms with van der Waals surface area (Å²) >= 11 is 1.52. The van der Waals surface area contributed by atoms with Gasteiger partial charge in [-0.05, 0) is 11.0 Å². The maximum Gasteiger partial charge on any atom is 0.205 e. The van der Waals surface area contributed by atoms with Crippen LogP contribution in [-0.4, -0.2) is 32.2 Å². The molecule has 0 spiro atoms. The Bertz CT molecular complexity index is 600. The summed E-state index contributed by atoms with van der Waals surface area (Å²) in [6.07, 6.45) is 5.03. The van der Waals surface area contributed by atoms with E-state index in [4.69, 9.17) is 0 Å². The molecule has 0 bridgehead atoms. The van der Waals surface area contributed by atoms with Crippen molar-refractivity contribution in [1.29, 1.82) is 0 Å². The van der Waals surface area contributed by atoms with Gasteiger partial charge in [-0.25, -0.2) is 4.98 Å². The molecular weight excluding hydrogens is 270 g/mol. The maximum atomic E-state index is 4.62. The second-order valence-corrected chi connectivity index (χ2v) is 6.95. The fourth-order valence-corrected chi connectivity index (χ4v) is 3.73. The van der Waals surface area contributed by atoms with E-state index in [-0.39, 0.29) is 5.41 Å². The van der Waals surface area contributed by atoms with Crippen LogP contribution in [0.4, 0.5) is 5.13 Å². The van der Waals surface area contributed by atoms with Crippen LogP contribution < -0.4 is 4.90 Å². The molecule has 2 aromatic heterocycles. The third-order valence-electron chi connectivity index (χ3n) is 4.12. The Balaban J connectivity index is 1.84. The molecule has 0 unspecified atom stereocenters. The first-order valence-electron chi connectivity index (χ1n) is 7.05. The number of aryl methyl sites for hydroxylation is 2. The largest absolute Gasteiger partial charge is 0.346 e. The molecule has 2 aromatic rings. The van der Waals surface area contributed by atoms with E-state index in [2.05, 4.69) is 46.3 Å². The van der Waals surface area contributed by atoms with Crippen molar-refractivity contribution in [2.75, 3.05) is 18.0 Å². The molecule has 1 aliphatic rings. The van der Waals surface area contributed by atoms with Gasteiger partial charge in [0.2, 0.25) is 5.13 Å². The van der Waals surface area contributed by atoms with Gasteiger partial charge in [0.25, 0.3) is 0 Å². The van der Waals surface area contributed by atoms with E-state index in [0.717, 1.165) is 30.5 Å². The lowest BCUT2D eigenvalue weighted by atomic mass is 9.79. The molecule has 1 atom stereocenters. The molecule has 1 saturated heterocycles. The van der Waals surface area contributed by atoms with Crippen LogP contribution in [0.3, 0.4) is 0 Å². The smallest absolute Gasteiger partial charge is 0.205 e. The summed E-state index contributed by atoms with van der Waals surface area (Å²) in [7, 11) is 1.97.